The van der Waals surface area contributed by atoms with Gasteiger partial charge in [-0.3, -0.25) is 9.13 Å². The number of anilines is 1. The second-order valence-corrected chi connectivity index (χ2v) is 7.40. The Morgan fingerprint density at radius 3 is 2.93 bits per heavy atom. The number of nitriles is 1. The number of hydrogen-bond acceptors (Lipinski definition) is 5. The Hall–Kier alpha value is -3.11. The average Bonchev–Trinajstić information content (AvgIpc) is 2.86. The third-order valence-corrected chi connectivity index (χ3v) is 5.50. The zero-order valence-corrected chi connectivity index (χ0v) is 16.0. The van der Waals surface area contributed by atoms with Crippen molar-refractivity contribution in [1.29, 1.82) is 5.26 Å². The lowest BCUT2D eigenvalue weighted by Crippen LogP contribution is -2.36. The lowest BCUT2D eigenvalue weighted by molar-refractivity contribution is 0.621. The minimum Gasteiger partial charge on any atom is -0.368 e. The molecule has 2 N–H and O–H groups in total. The monoisotopic (exact) mass is 376 g/mol. The summed E-state index contributed by atoms with van der Waals surface area (Å²) in [4.78, 5) is 19.8. The van der Waals surface area contributed by atoms with Gasteiger partial charge in [0.15, 0.2) is 5.65 Å². The number of rotatable bonds is 3. The van der Waals surface area contributed by atoms with E-state index < -0.39 is 0 Å². The van der Waals surface area contributed by atoms with Crippen LogP contribution in [0.3, 0.4) is 0 Å². The van der Waals surface area contributed by atoms with Crippen molar-refractivity contribution in [3.05, 3.63) is 58.1 Å². The van der Waals surface area contributed by atoms with Gasteiger partial charge in [0.1, 0.15) is 5.52 Å². The fraction of sp³-hybridized carbons (Fsp3) is 0.381. The summed E-state index contributed by atoms with van der Waals surface area (Å²) in [6.07, 6.45) is 4.96. The zero-order valence-electron chi connectivity index (χ0n) is 16.0. The van der Waals surface area contributed by atoms with Gasteiger partial charge in [-0.25, -0.2) is 9.78 Å². The molecule has 0 aliphatic carbocycles. The molecule has 0 amide bonds. The van der Waals surface area contributed by atoms with Crippen molar-refractivity contribution in [3.63, 3.8) is 0 Å². The number of aromatic nitrogens is 3. The molecule has 0 radical (unpaired) electrons. The molecule has 1 unspecified atom stereocenters. The average molecular weight is 376 g/mol. The molecule has 7 nitrogen and oxygen atoms in total. The van der Waals surface area contributed by atoms with Crippen LogP contribution in [0.5, 0.6) is 0 Å². The summed E-state index contributed by atoms with van der Waals surface area (Å²) < 4.78 is 3.30. The van der Waals surface area contributed by atoms with Crippen LogP contribution in [0.15, 0.2) is 41.3 Å². The van der Waals surface area contributed by atoms with Crippen LogP contribution in [0.2, 0.25) is 0 Å². The van der Waals surface area contributed by atoms with E-state index in [1.165, 1.54) is 0 Å². The number of nitrogens with two attached hydrogens (primary N) is 1. The highest BCUT2D eigenvalue weighted by Crippen LogP contribution is 2.27. The summed E-state index contributed by atoms with van der Waals surface area (Å²) in [6, 6.07) is 11.7. The van der Waals surface area contributed by atoms with Crippen LogP contribution >= 0.6 is 0 Å². The number of hydrogen-bond donors (Lipinski definition) is 1. The molecule has 1 fully saturated rings. The van der Waals surface area contributed by atoms with Gasteiger partial charge in [-0.2, -0.15) is 5.26 Å². The lowest BCUT2D eigenvalue weighted by atomic mass is 10.1. The standard InChI is InChI=1S/C21H24N6O/c1-25-20-19(18(9-10-24-20)26-11-5-4-8-17(23)14-26)27(21(25)28)13-16-7-3-2-6-15(16)12-22/h2-3,6-7,9-10,17H,4-5,8,11,13-14,23H2,1H3. The van der Waals surface area contributed by atoms with E-state index in [0.29, 0.717) is 17.8 Å². The van der Waals surface area contributed by atoms with Gasteiger partial charge >= 0.3 is 5.69 Å². The van der Waals surface area contributed by atoms with Gasteiger partial charge in [0.05, 0.1) is 23.9 Å². The van der Waals surface area contributed by atoms with E-state index in [-0.39, 0.29) is 11.7 Å². The van der Waals surface area contributed by atoms with Crippen LogP contribution in [0, 0.1) is 11.3 Å². The SMILES string of the molecule is Cn1c(=O)n(Cc2ccccc2C#N)c2c(N3CCCCC(N)C3)ccnc21. The number of imidazole rings is 1. The predicted octanol–water partition coefficient (Wildman–Crippen LogP) is 1.97. The zero-order chi connectivity index (χ0) is 19.7. The molecule has 4 rings (SSSR count). The predicted molar refractivity (Wildman–Crippen MR) is 109 cm³/mol. The summed E-state index contributed by atoms with van der Waals surface area (Å²) in [5, 5.41) is 9.43. The Morgan fingerprint density at radius 1 is 1.29 bits per heavy atom. The van der Waals surface area contributed by atoms with Crippen LogP contribution in [0.25, 0.3) is 11.2 Å². The first-order valence-electron chi connectivity index (χ1n) is 9.63. The van der Waals surface area contributed by atoms with Crippen molar-refractivity contribution in [2.75, 3.05) is 18.0 Å². The summed E-state index contributed by atoms with van der Waals surface area (Å²) in [5.41, 5.74) is 9.97. The number of aryl methyl sites for hydroxylation is 1. The Bertz CT molecular complexity index is 1110. The molecule has 28 heavy (non-hydrogen) atoms. The molecule has 1 aliphatic heterocycles. The minimum atomic E-state index is -0.137. The van der Waals surface area contributed by atoms with Crippen molar-refractivity contribution in [2.24, 2.45) is 12.8 Å². The Balaban J connectivity index is 1.88. The Morgan fingerprint density at radius 2 is 2.11 bits per heavy atom. The lowest BCUT2D eigenvalue weighted by Gasteiger charge is -2.26. The van der Waals surface area contributed by atoms with E-state index in [2.05, 4.69) is 16.0 Å². The summed E-state index contributed by atoms with van der Waals surface area (Å²) in [6.45, 7) is 2.00. The van der Waals surface area contributed by atoms with Crippen LogP contribution < -0.4 is 16.3 Å². The molecule has 144 valence electrons. The fourth-order valence-corrected chi connectivity index (χ4v) is 4.04. The van der Waals surface area contributed by atoms with Crippen molar-refractivity contribution in [1.82, 2.24) is 14.1 Å². The van der Waals surface area contributed by atoms with E-state index in [1.54, 1.807) is 28.4 Å². The topological polar surface area (TPSA) is 92.9 Å². The third kappa shape index (κ3) is 3.16. The van der Waals surface area contributed by atoms with Gasteiger partial charge in [-0.1, -0.05) is 24.6 Å². The van der Waals surface area contributed by atoms with E-state index in [9.17, 15) is 10.1 Å². The number of pyridine rings is 1. The molecule has 3 aromatic rings. The van der Waals surface area contributed by atoms with E-state index in [4.69, 9.17) is 5.73 Å². The van der Waals surface area contributed by atoms with Crippen molar-refractivity contribution in [2.45, 2.75) is 31.8 Å². The molecule has 1 atom stereocenters. The molecule has 0 saturated carbocycles. The largest absolute Gasteiger partial charge is 0.368 e. The highest BCUT2D eigenvalue weighted by molar-refractivity contribution is 5.87. The smallest absolute Gasteiger partial charge is 0.330 e. The van der Waals surface area contributed by atoms with Gasteiger partial charge in [0, 0.05) is 32.4 Å². The van der Waals surface area contributed by atoms with Crippen molar-refractivity contribution < 1.29 is 0 Å². The van der Waals surface area contributed by atoms with Crippen LogP contribution in [0.1, 0.15) is 30.4 Å². The molecule has 0 spiro atoms. The van der Waals surface area contributed by atoms with Crippen molar-refractivity contribution >= 4 is 16.9 Å². The maximum absolute atomic E-state index is 13.0. The molecular formula is C21H24N6O. The van der Waals surface area contributed by atoms with Gasteiger partial charge in [0.25, 0.3) is 0 Å². The maximum Gasteiger partial charge on any atom is 0.330 e. The fourth-order valence-electron chi connectivity index (χ4n) is 4.04. The maximum atomic E-state index is 13.0. The van der Waals surface area contributed by atoms with Gasteiger partial charge in [-0.05, 0) is 30.5 Å². The first-order valence-corrected chi connectivity index (χ1v) is 9.63. The van der Waals surface area contributed by atoms with E-state index in [1.807, 2.05) is 24.3 Å². The first kappa shape index (κ1) is 18.3. The quantitative estimate of drug-likeness (QED) is 0.754. The highest BCUT2D eigenvalue weighted by atomic mass is 16.1. The molecule has 3 heterocycles. The Kier molecular flexibility index (Phi) is 4.88. The summed E-state index contributed by atoms with van der Waals surface area (Å²) >= 11 is 0. The van der Waals surface area contributed by atoms with Gasteiger partial charge in [0.2, 0.25) is 0 Å². The third-order valence-electron chi connectivity index (χ3n) is 5.50. The highest BCUT2D eigenvalue weighted by Gasteiger charge is 2.22. The van der Waals surface area contributed by atoms with Crippen LogP contribution in [0.4, 0.5) is 5.69 Å². The van der Waals surface area contributed by atoms with E-state index >= 15 is 0 Å². The van der Waals surface area contributed by atoms with Crippen LogP contribution in [-0.2, 0) is 13.6 Å². The minimum absolute atomic E-state index is 0.119. The summed E-state index contributed by atoms with van der Waals surface area (Å²) in [7, 11) is 1.74. The number of benzene rings is 1. The molecule has 2 aromatic heterocycles. The summed E-state index contributed by atoms with van der Waals surface area (Å²) in [5.74, 6) is 0. The molecular weight excluding hydrogens is 352 g/mol. The van der Waals surface area contributed by atoms with Crippen LogP contribution in [-0.4, -0.2) is 33.2 Å². The second-order valence-electron chi connectivity index (χ2n) is 7.40. The molecule has 0 bridgehead atoms. The normalized spacial score (nSPS) is 17.5. The van der Waals surface area contributed by atoms with Gasteiger partial charge < -0.3 is 10.6 Å². The van der Waals surface area contributed by atoms with Crippen molar-refractivity contribution in [3.8, 4) is 6.07 Å². The first-order chi connectivity index (χ1) is 13.6. The molecule has 1 aromatic carbocycles. The number of nitrogens with zero attached hydrogens (tertiary/aromatic N) is 5. The van der Waals surface area contributed by atoms with Gasteiger partial charge in [-0.15, -0.1) is 0 Å². The van der Waals surface area contributed by atoms with E-state index in [0.717, 1.165) is 49.1 Å². The molecule has 7 heteroatoms. The molecule has 1 aliphatic rings. The number of fused-ring (bicyclic) bond motifs is 1. The molecule has 1 saturated heterocycles. The second kappa shape index (κ2) is 7.49. The Labute approximate surface area is 163 Å².